The van der Waals surface area contributed by atoms with E-state index in [1.165, 1.54) is 5.56 Å². The van der Waals surface area contributed by atoms with Crippen LogP contribution in [-0.2, 0) is 6.54 Å². The molecule has 1 fully saturated rings. The number of piperazine rings is 1. The highest BCUT2D eigenvalue weighted by atomic mass is 16.5. The fraction of sp³-hybridized carbons (Fsp3) is 0.310. The van der Waals surface area contributed by atoms with Gasteiger partial charge in [-0.25, -0.2) is 0 Å². The quantitative estimate of drug-likeness (QED) is 0.514. The number of carbonyl (C=O) groups excluding carboxylic acids is 1. The molecule has 0 unspecified atom stereocenters. The highest BCUT2D eigenvalue weighted by Gasteiger charge is 2.18. The lowest BCUT2D eigenvalue weighted by atomic mass is 10.1. The molecule has 0 spiro atoms. The van der Waals surface area contributed by atoms with Crippen LogP contribution in [0.4, 0.5) is 11.4 Å². The van der Waals surface area contributed by atoms with Gasteiger partial charge in [0.05, 0.1) is 23.3 Å². The first-order valence-corrected chi connectivity index (χ1v) is 12.1. The van der Waals surface area contributed by atoms with Crippen molar-refractivity contribution in [3.8, 4) is 11.8 Å². The Morgan fingerprint density at radius 2 is 1.77 bits per heavy atom. The van der Waals surface area contributed by atoms with Gasteiger partial charge in [0.2, 0.25) is 0 Å². The van der Waals surface area contributed by atoms with Gasteiger partial charge in [-0.15, -0.1) is 0 Å². The van der Waals surface area contributed by atoms with Gasteiger partial charge in [-0.3, -0.25) is 9.69 Å². The van der Waals surface area contributed by atoms with E-state index in [2.05, 4.69) is 39.4 Å². The van der Waals surface area contributed by atoms with Crippen LogP contribution in [0, 0.1) is 18.3 Å². The monoisotopic (exact) mass is 468 g/mol. The summed E-state index contributed by atoms with van der Waals surface area (Å²) >= 11 is 0. The Kier molecular flexibility index (Phi) is 7.69. The van der Waals surface area contributed by atoms with Gasteiger partial charge in [0.15, 0.2) is 0 Å². The first-order valence-electron chi connectivity index (χ1n) is 12.1. The topological polar surface area (TPSA) is 68.6 Å². The molecule has 1 aliphatic rings. The molecule has 1 amide bonds. The van der Waals surface area contributed by atoms with Crippen molar-refractivity contribution in [1.82, 2.24) is 4.90 Å². The summed E-state index contributed by atoms with van der Waals surface area (Å²) in [4.78, 5) is 17.7. The summed E-state index contributed by atoms with van der Waals surface area (Å²) < 4.78 is 5.86. The van der Waals surface area contributed by atoms with Crippen LogP contribution in [0.2, 0.25) is 0 Å². The van der Waals surface area contributed by atoms with Crippen LogP contribution in [0.1, 0.15) is 40.9 Å². The lowest BCUT2D eigenvalue weighted by Crippen LogP contribution is -2.45. The van der Waals surface area contributed by atoms with Crippen molar-refractivity contribution < 1.29 is 9.53 Å². The minimum absolute atomic E-state index is 0.00851. The van der Waals surface area contributed by atoms with Gasteiger partial charge in [-0.2, -0.15) is 5.26 Å². The molecular weight excluding hydrogens is 436 g/mol. The van der Waals surface area contributed by atoms with E-state index in [4.69, 9.17) is 10.00 Å². The van der Waals surface area contributed by atoms with Crippen LogP contribution < -0.4 is 15.0 Å². The second-order valence-electron chi connectivity index (χ2n) is 9.24. The Morgan fingerprint density at radius 1 is 1.03 bits per heavy atom. The molecule has 6 nitrogen and oxygen atoms in total. The highest BCUT2D eigenvalue weighted by Crippen LogP contribution is 2.25. The predicted octanol–water partition coefficient (Wildman–Crippen LogP) is 5.23. The molecule has 6 heteroatoms. The third-order valence-electron chi connectivity index (χ3n) is 6.07. The summed E-state index contributed by atoms with van der Waals surface area (Å²) in [5.74, 6) is 0.425. The van der Waals surface area contributed by atoms with E-state index in [0.717, 1.165) is 49.7 Å². The van der Waals surface area contributed by atoms with Gasteiger partial charge in [0, 0.05) is 44.1 Å². The van der Waals surface area contributed by atoms with Crippen LogP contribution in [0.5, 0.6) is 5.75 Å². The number of hydrogen-bond donors (Lipinski definition) is 1. The first kappa shape index (κ1) is 24.3. The molecule has 3 aromatic rings. The van der Waals surface area contributed by atoms with Crippen LogP contribution in [-0.4, -0.2) is 43.1 Å². The molecule has 0 atom stereocenters. The number of nitrogens with one attached hydrogen (secondary N) is 1. The van der Waals surface area contributed by atoms with Gasteiger partial charge in [0.1, 0.15) is 5.75 Å². The third kappa shape index (κ3) is 6.40. The standard InChI is InChI=1S/C29H32N4O2/c1-21(2)35-28-17-22(3)7-12-27(28)29(34)31-25-8-10-26(11-9-25)33-15-13-32(14-16-33)20-24-6-4-5-23(18-24)19-30/h4-12,17-18,21H,13-16,20H2,1-3H3,(H,31,34). The molecule has 0 radical (unpaired) electrons. The van der Waals surface area contributed by atoms with Crippen LogP contribution in [0.3, 0.4) is 0 Å². The summed E-state index contributed by atoms with van der Waals surface area (Å²) in [6.45, 7) is 10.5. The maximum atomic E-state index is 12.9. The molecule has 0 bridgehead atoms. The van der Waals surface area contributed by atoms with E-state index < -0.39 is 0 Å². The van der Waals surface area contributed by atoms with Crippen LogP contribution in [0.25, 0.3) is 0 Å². The second-order valence-corrected chi connectivity index (χ2v) is 9.24. The molecule has 1 aliphatic heterocycles. The largest absolute Gasteiger partial charge is 0.490 e. The number of carbonyl (C=O) groups is 1. The van der Waals surface area contributed by atoms with Crippen molar-refractivity contribution in [3.63, 3.8) is 0 Å². The number of nitriles is 1. The molecule has 3 aromatic carbocycles. The molecule has 0 saturated carbocycles. The molecule has 0 aliphatic carbocycles. The van der Waals surface area contributed by atoms with E-state index in [-0.39, 0.29) is 12.0 Å². The number of aryl methyl sites for hydroxylation is 1. The molecule has 1 saturated heterocycles. The van der Waals surface area contributed by atoms with Gasteiger partial charge in [0.25, 0.3) is 5.91 Å². The van der Waals surface area contributed by atoms with E-state index in [0.29, 0.717) is 16.9 Å². The lowest BCUT2D eigenvalue weighted by molar-refractivity contribution is 0.102. The first-order chi connectivity index (χ1) is 16.9. The Morgan fingerprint density at radius 3 is 2.46 bits per heavy atom. The number of ether oxygens (including phenoxy) is 1. The normalized spacial score (nSPS) is 14.0. The smallest absolute Gasteiger partial charge is 0.259 e. The summed E-state index contributed by atoms with van der Waals surface area (Å²) in [7, 11) is 0. The second kappa shape index (κ2) is 11.1. The number of anilines is 2. The van der Waals surface area contributed by atoms with Crippen LogP contribution >= 0.6 is 0 Å². The van der Waals surface area contributed by atoms with Crippen molar-refractivity contribution in [2.45, 2.75) is 33.4 Å². The third-order valence-corrected chi connectivity index (χ3v) is 6.07. The fourth-order valence-corrected chi connectivity index (χ4v) is 4.28. The van der Waals surface area contributed by atoms with Crippen molar-refractivity contribution in [2.75, 3.05) is 36.4 Å². The lowest BCUT2D eigenvalue weighted by Gasteiger charge is -2.36. The Hall–Kier alpha value is -3.82. The minimum atomic E-state index is -0.178. The number of amides is 1. The van der Waals surface area contributed by atoms with Gasteiger partial charge in [-0.1, -0.05) is 18.2 Å². The van der Waals surface area contributed by atoms with Crippen LogP contribution in [0.15, 0.2) is 66.7 Å². The Labute approximate surface area is 207 Å². The summed E-state index contributed by atoms with van der Waals surface area (Å²) in [5, 5.41) is 12.1. The Bertz CT molecular complexity index is 1210. The number of rotatable bonds is 7. The van der Waals surface area contributed by atoms with Crippen molar-refractivity contribution in [1.29, 1.82) is 5.26 Å². The molecular formula is C29H32N4O2. The summed E-state index contributed by atoms with van der Waals surface area (Å²) in [6, 6.07) is 23.7. The van der Waals surface area contributed by atoms with E-state index >= 15 is 0 Å². The number of nitrogens with zero attached hydrogens (tertiary/aromatic N) is 3. The average molecular weight is 469 g/mol. The maximum Gasteiger partial charge on any atom is 0.259 e. The van der Waals surface area contributed by atoms with E-state index in [1.807, 2.05) is 69.3 Å². The molecule has 180 valence electrons. The summed E-state index contributed by atoms with van der Waals surface area (Å²) in [5.41, 5.74) is 5.37. The highest BCUT2D eigenvalue weighted by molar-refractivity contribution is 6.06. The molecule has 35 heavy (non-hydrogen) atoms. The fourth-order valence-electron chi connectivity index (χ4n) is 4.28. The summed E-state index contributed by atoms with van der Waals surface area (Å²) in [6.07, 6.45) is -0.00851. The minimum Gasteiger partial charge on any atom is -0.490 e. The SMILES string of the molecule is Cc1ccc(C(=O)Nc2ccc(N3CCN(Cc4cccc(C#N)c4)CC3)cc2)c(OC(C)C)c1. The van der Waals surface area contributed by atoms with Gasteiger partial charge in [-0.05, 0) is 80.4 Å². The molecule has 1 N–H and O–H groups in total. The van der Waals surface area contributed by atoms with E-state index in [9.17, 15) is 4.79 Å². The zero-order valence-corrected chi connectivity index (χ0v) is 20.6. The molecule has 1 heterocycles. The van der Waals surface area contributed by atoms with Crippen molar-refractivity contribution >= 4 is 17.3 Å². The zero-order chi connectivity index (χ0) is 24.8. The van der Waals surface area contributed by atoms with Gasteiger partial charge < -0.3 is 15.0 Å². The van der Waals surface area contributed by atoms with Crippen molar-refractivity contribution in [3.05, 3.63) is 89.0 Å². The maximum absolute atomic E-state index is 12.9. The number of benzene rings is 3. The number of hydrogen-bond acceptors (Lipinski definition) is 5. The average Bonchev–Trinajstić information content (AvgIpc) is 2.85. The zero-order valence-electron chi connectivity index (χ0n) is 20.6. The van der Waals surface area contributed by atoms with Crippen molar-refractivity contribution in [2.24, 2.45) is 0 Å². The Balaban J connectivity index is 1.33. The van der Waals surface area contributed by atoms with E-state index in [1.54, 1.807) is 0 Å². The molecule has 4 rings (SSSR count). The molecule has 0 aromatic heterocycles. The predicted molar refractivity (Wildman–Crippen MR) is 140 cm³/mol. The van der Waals surface area contributed by atoms with Gasteiger partial charge >= 0.3 is 0 Å².